The van der Waals surface area contributed by atoms with Crippen LogP contribution in [0.4, 0.5) is 14.5 Å². The van der Waals surface area contributed by atoms with Crippen LogP contribution >= 0.6 is 15.9 Å². The molecule has 26 heavy (non-hydrogen) atoms. The molecule has 1 atom stereocenters. The van der Waals surface area contributed by atoms with Crippen LogP contribution in [0.25, 0.3) is 0 Å². The smallest absolute Gasteiger partial charge is 0.228 e. The first kappa shape index (κ1) is 20.3. The number of ether oxygens (including phenoxy) is 1. The number of nitrogens with zero attached hydrogens (tertiary/aromatic N) is 3. The Morgan fingerprint density at radius 1 is 1.27 bits per heavy atom. The summed E-state index contributed by atoms with van der Waals surface area (Å²) in [4.78, 5) is 11.1. The third-order valence-electron chi connectivity index (χ3n) is 4.06. The molecule has 0 aliphatic rings. The summed E-state index contributed by atoms with van der Waals surface area (Å²) in [6.07, 6.45) is -0.564. The third-order valence-corrected chi connectivity index (χ3v) is 4.63. The van der Waals surface area contributed by atoms with Gasteiger partial charge in [-0.2, -0.15) is 0 Å². The van der Waals surface area contributed by atoms with Crippen molar-refractivity contribution < 1.29 is 13.5 Å². The van der Waals surface area contributed by atoms with E-state index < -0.39 is 17.7 Å². The fourth-order valence-corrected chi connectivity index (χ4v) is 2.68. The van der Waals surface area contributed by atoms with E-state index in [-0.39, 0.29) is 0 Å². The number of hydrogen-bond acceptors (Lipinski definition) is 3. The van der Waals surface area contributed by atoms with Crippen molar-refractivity contribution >= 4 is 27.5 Å². The van der Waals surface area contributed by atoms with Crippen molar-refractivity contribution in [2.75, 3.05) is 13.6 Å². The highest BCUT2D eigenvalue weighted by Gasteiger charge is 2.15. The summed E-state index contributed by atoms with van der Waals surface area (Å²) in [6.45, 7) is 8.38. The summed E-state index contributed by atoms with van der Waals surface area (Å²) in [5.74, 6) is -0.0561. The minimum absolute atomic E-state index is 0.347. The second-order valence-electron chi connectivity index (χ2n) is 6.02. The molecule has 7 heteroatoms. The first-order chi connectivity index (χ1) is 12.2. The van der Waals surface area contributed by atoms with Gasteiger partial charge in [-0.15, -0.1) is 0 Å². The van der Waals surface area contributed by atoms with Gasteiger partial charge in [-0.3, -0.25) is 0 Å². The molecular weight excluding hydrogens is 404 g/mol. The molecule has 0 saturated heterocycles. The summed E-state index contributed by atoms with van der Waals surface area (Å²) in [7, 11) is 1.97. The Balaban J connectivity index is 2.27. The molecule has 140 valence electrons. The molecule has 1 heterocycles. The van der Waals surface area contributed by atoms with Crippen LogP contribution in [0.3, 0.4) is 0 Å². The topological polar surface area (TPSA) is 37.7 Å². The standard InChI is InChI=1S/C19H22BrF2N3O/c1-6-25(5)13(4)24-18-10-17(20)19(23-11(18)2)26-12(3)14-7-15(21)9-16(22)8-14/h7-10,12H,6H2,1-5H3. The molecule has 0 radical (unpaired) electrons. The molecule has 1 aromatic carbocycles. The Morgan fingerprint density at radius 2 is 1.88 bits per heavy atom. The number of benzene rings is 1. The molecule has 0 fully saturated rings. The lowest BCUT2D eigenvalue weighted by molar-refractivity contribution is 0.214. The number of aliphatic imine (C=N–C) groups is 1. The van der Waals surface area contributed by atoms with Crippen molar-refractivity contribution in [2.45, 2.75) is 33.8 Å². The summed E-state index contributed by atoms with van der Waals surface area (Å²) < 4.78 is 33.2. The van der Waals surface area contributed by atoms with Gasteiger partial charge >= 0.3 is 0 Å². The summed E-state index contributed by atoms with van der Waals surface area (Å²) in [5, 5.41) is 0. The van der Waals surface area contributed by atoms with Gasteiger partial charge in [0.05, 0.1) is 15.9 Å². The molecule has 0 saturated carbocycles. The minimum Gasteiger partial charge on any atom is -0.469 e. The molecule has 0 aliphatic carbocycles. The van der Waals surface area contributed by atoms with Crippen LogP contribution in [0, 0.1) is 18.6 Å². The zero-order chi connectivity index (χ0) is 19.4. The Bertz CT molecular complexity index is 806. The maximum absolute atomic E-state index is 13.4. The summed E-state index contributed by atoms with van der Waals surface area (Å²) in [6, 6.07) is 5.15. The van der Waals surface area contributed by atoms with E-state index in [9.17, 15) is 8.78 Å². The predicted octanol–water partition coefficient (Wildman–Crippen LogP) is 5.57. The molecule has 1 unspecified atom stereocenters. The fraction of sp³-hybridized carbons (Fsp3) is 0.368. The zero-order valence-corrected chi connectivity index (χ0v) is 17.1. The second-order valence-corrected chi connectivity index (χ2v) is 6.87. The van der Waals surface area contributed by atoms with Crippen molar-refractivity contribution in [2.24, 2.45) is 4.99 Å². The molecular formula is C19H22BrF2N3O. The first-order valence-electron chi connectivity index (χ1n) is 8.27. The van der Waals surface area contributed by atoms with Gasteiger partial charge in [0.25, 0.3) is 0 Å². The SMILES string of the molecule is CCN(C)C(C)=Nc1cc(Br)c(OC(C)c2cc(F)cc(F)c2)nc1C. The number of hydrogen-bond donors (Lipinski definition) is 0. The van der Waals surface area contributed by atoms with Crippen LogP contribution in [0.2, 0.25) is 0 Å². The normalized spacial score (nSPS) is 12.8. The van der Waals surface area contributed by atoms with E-state index in [1.54, 1.807) is 6.92 Å². The van der Waals surface area contributed by atoms with Gasteiger partial charge in [0.15, 0.2) is 0 Å². The maximum Gasteiger partial charge on any atom is 0.228 e. The van der Waals surface area contributed by atoms with Crippen molar-refractivity contribution in [3.8, 4) is 5.88 Å². The van der Waals surface area contributed by atoms with E-state index in [0.717, 1.165) is 24.1 Å². The lowest BCUT2D eigenvalue weighted by Crippen LogP contribution is -2.23. The van der Waals surface area contributed by atoms with Gasteiger partial charge in [-0.1, -0.05) is 0 Å². The van der Waals surface area contributed by atoms with E-state index in [4.69, 9.17) is 4.74 Å². The van der Waals surface area contributed by atoms with Crippen molar-refractivity contribution in [1.82, 2.24) is 9.88 Å². The van der Waals surface area contributed by atoms with Gasteiger partial charge in [0.2, 0.25) is 5.88 Å². The highest BCUT2D eigenvalue weighted by molar-refractivity contribution is 9.10. The molecule has 0 aliphatic heterocycles. The van der Waals surface area contributed by atoms with E-state index in [0.29, 0.717) is 21.6 Å². The van der Waals surface area contributed by atoms with Crippen LogP contribution in [0.1, 0.15) is 38.1 Å². The van der Waals surface area contributed by atoms with E-state index in [1.165, 1.54) is 12.1 Å². The second kappa shape index (κ2) is 8.58. The average Bonchev–Trinajstić information content (AvgIpc) is 2.57. The van der Waals surface area contributed by atoms with Crippen molar-refractivity contribution in [1.29, 1.82) is 0 Å². The molecule has 2 rings (SSSR count). The molecule has 2 aromatic rings. The summed E-state index contributed by atoms with van der Waals surface area (Å²) >= 11 is 3.44. The minimum atomic E-state index is -0.640. The van der Waals surface area contributed by atoms with Crippen LogP contribution in [0.15, 0.2) is 33.7 Å². The largest absolute Gasteiger partial charge is 0.469 e. The highest BCUT2D eigenvalue weighted by Crippen LogP contribution is 2.33. The number of pyridine rings is 1. The van der Waals surface area contributed by atoms with Gasteiger partial charge < -0.3 is 9.64 Å². The lowest BCUT2D eigenvalue weighted by atomic mass is 10.1. The van der Waals surface area contributed by atoms with Crippen LogP contribution in [0.5, 0.6) is 5.88 Å². The zero-order valence-electron chi connectivity index (χ0n) is 15.5. The molecule has 4 nitrogen and oxygen atoms in total. The number of aromatic nitrogens is 1. The highest BCUT2D eigenvalue weighted by atomic mass is 79.9. The predicted molar refractivity (Wildman–Crippen MR) is 103 cm³/mol. The number of amidine groups is 1. The monoisotopic (exact) mass is 425 g/mol. The maximum atomic E-state index is 13.4. The Kier molecular flexibility index (Phi) is 6.69. The Morgan fingerprint density at radius 3 is 2.46 bits per heavy atom. The molecule has 1 aromatic heterocycles. The number of rotatable bonds is 5. The Labute approximate surface area is 161 Å². The van der Waals surface area contributed by atoms with E-state index in [1.807, 2.05) is 38.8 Å². The number of halogens is 3. The Hall–Kier alpha value is -2.02. The quantitative estimate of drug-likeness (QED) is 0.463. The average molecular weight is 426 g/mol. The molecule has 0 N–H and O–H groups in total. The van der Waals surface area contributed by atoms with Gasteiger partial charge in [0, 0.05) is 19.7 Å². The van der Waals surface area contributed by atoms with Crippen molar-refractivity contribution in [3.05, 3.63) is 51.6 Å². The first-order valence-corrected chi connectivity index (χ1v) is 9.06. The van der Waals surface area contributed by atoms with E-state index >= 15 is 0 Å². The molecule has 0 amide bonds. The van der Waals surface area contributed by atoms with Crippen LogP contribution in [-0.2, 0) is 0 Å². The lowest BCUT2D eigenvalue weighted by Gasteiger charge is -2.18. The van der Waals surface area contributed by atoms with Gasteiger partial charge in [-0.05, 0) is 67.4 Å². The summed E-state index contributed by atoms with van der Waals surface area (Å²) in [5.41, 5.74) is 1.83. The van der Waals surface area contributed by atoms with Gasteiger partial charge in [-0.25, -0.2) is 18.8 Å². The van der Waals surface area contributed by atoms with Crippen LogP contribution in [-0.4, -0.2) is 29.3 Å². The third kappa shape index (κ3) is 5.00. The van der Waals surface area contributed by atoms with Gasteiger partial charge in [0.1, 0.15) is 23.6 Å². The molecule has 0 bridgehead atoms. The fourth-order valence-electron chi connectivity index (χ4n) is 2.28. The van der Waals surface area contributed by atoms with Crippen molar-refractivity contribution in [3.63, 3.8) is 0 Å². The van der Waals surface area contributed by atoms with Crippen LogP contribution < -0.4 is 4.74 Å². The van der Waals surface area contributed by atoms with E-state index in [2.05, 4.69) is 25.9 Å². The number of aryl methyl sites for hydroxylation is 1. The molecule has 0 spiro atoms.